The van der Waals surface area contributed by atoms with Gasteiger partial charge in [-0.3, -0.25) is 0 Å². The molecule has 1 fully saturated rings. The number of thioether (sulfide) groups is 2. The summed E-state index contributed by atoms with van der Waals surface area (Å²) in [4.78, 5) is 12.1. The molecule has 3 rings (SSSR count). The Morgan fingerprint density at radius 3 is 2.56 bits per heavy atom. The van der Waals surface area contributed by atoms with Gasteiger partial charge in [0.15, 0.2) is 18.1 Å². The van der Waals surface area contributed by atoms with Crippen LogP contribution in [0.3, 0.4) is 0 Å². The van der Waals surface area contributed by atoms with Crippen LogP contribution in [0.5, 0.6) is 17.2 Å². The van der Waals surface area contributed by atoms with Gasteiger partial charge in [-0.25, -0.2) is 4.79 Å². The molecule has 0 saturated carbocycles. The summed E-state index contributed by atoms with van der Waals surface area (Å²) in [6.07, 6.45) is 0. The third-order valence-corrected chi connectivity index (χ3v) is 6.85. The summed E-state index contributed by atoms with van der Waals surface area (Å²) in [7, 11) is 1.58. The number of aryl methyl sites for hydroxylation is 1. The number of benzene rings is 2. The Bertz CT molecular complexity index is 742. The summed E-state index contributed by atoms with van der Waals surface area (Å²) >= 11 is 3.84. The topological polar surface area (TPSA) is 44.8 Å². The fraction of sp³-hybridized carbons (Fsp3) is 0.316. The van der Waals surface area contributed by atoms with E-state index in [2.05, 4.69) is 0 Å². The minimum atomic E-state index is -0.459. The Morgan fingerprint density at radius 1 is 1.08 bits per heavy atom. The van der Waals surface area contributed by atoms with Crippen LogP contribution in [0, 0.1) is 6.92 Å². The first-order chi connectivity index (χ1) is 12.2. The van der Waals surface area contributed by atoms with Crippen LogP contribution in [0.2, 0.25) is 0 Å². The standard InChI is InChI=1S/C19H20O4S2/c1-13-5-3-4-6-15(13)22-12-18(20)23-16-8-7-14(11-17(16)21-2)19-24-9-10-25-19/h3-8,11,19H,9-10,12H2,1-2H3. The molecule has 0 aliphatic carbocycles. The number of rotatable bonds is 6. The minimum absolute atomic E-state index is 0.149. The molecule has 0 spiro atoms. The van der Waals surface area contributed by atoms with E-state index < -0.39 is 5.97 Å². The van der Waals surface area contributed by atoms with Gasteiger partial charge in [-0.05, 0) is 36.2 Å². The zero-order valence-electron chi connectivity index (χ0n) is 14.2. The Labute approximate surface area is 156 Å². The lowest BCUT2D eigenvalue weighted by Crippen LogP contribution is -2.18. The highest BCUT2D eigenvalue weighted by molar-refractivity contribution is 8.19. The molecule has 25 heavy (non-hydrogen) atoms. The number of carbonyl (C=O) groups excluding carboxylic acids is 1. The van der Waals surface area contributed by atoms with Crippen LogP contribution in [0.4, 0.5) is 0 Å². The van der Waals surface area contributed by atoms with E-state index in [0.29, 0.717) is 21.8 Å². The fourth-order valence-electron chi connectivity index (χ4n) is 2.47. The van der Waals surface area contributed by atoms with Gasteiger partial charge in [0, 0.05) is 11.5 Å². The lowest BCUT2D eigenvalue weighted by Gasteiger charge is -2.14. The van der Waals surface area contributed by atoms with Crippen LogP contribution in [0.25, 0.3) is 0 Å². The lowest BCUT2D eigenvalue weighted by molar-refractivity contribution is -0.136. The predicted octanol–water partition coefficient (Wildman–Crippen LogP) is 4.47. The van der Waals surface area contributed by atoms with Crippen molar-refractivity contribution in [2.45, 2.75) is 11.5 Å². The van der Waals surface area contributed by atoms with E-state index in [1.165, 1.54) is 5.56 Å². The summed E-state index contributed by atoms with van der Waals surface area (Å²) in [5, 5.41) is 0. The van der Waals surface area contributed by atoms with Crippen LogP contribution in [0.15, 0.2) is 42.5 Å². The van der Waals surface area contributed by atoms with E-state index >= 15 is 0 Å². The molecule has 0 bridgehead atoms. The van der Waals surface area contributed by atoms with Crippen LogP contribution in [-0.4, -0.2) is 31.2 Å². The van der Waals surface area contributed by atoms with Crippen molar-refractivity contribution in [3.8, 4) is 17.2 Å². The lowest BCUT2D eigenvalue weighted by atomic mass is 10.2. The molecular formula is C19H20O4S2. The number of hydrogen-bond donors (Lipinski definition) is 0. The Balaban J connectivity index is 1.63. The fourth-order valence-corrected chi connectivity index (χ4v) is 5.31. The molecule has 4 nitrogen and oxygen atoms in total. The summed E-state index contributed by atoms with van der Waals surface area (Å²) in [5.41, 5.74) is 2.16. The van der Waals surface area contributed by atoms with Gasteiger partial charge in [-0.15, -0.1) is 23.5 Å². The Hall–Kier alpha value is -1.79. The number of ether oxygens (including phenoxy) is 3. The van der Waals surface area contributed by atoms with Crippen LogP contribution >= 0.6 is 23.5 Å². The molecule has 2 aromatic carbocycles. The van der Waals surface area contributed by atoms with Crippen molar-refractivity contribution in [2.24, 2.45) is 0 Å². The molecule has 1 aliphatic rings. The second-order valence-corrected chi connectivity index (χ2v) is 8.24. The number of methoxy groups -OCH3 is 1. The minimum Gasteiger partial charge on any atom is -0.493 e. The SMILES string of the molecule is COc1cc(C2SCCS2)ccc1OC(=O)COc1ccccc1C. The molecule has 132 valence electrons. The number of esters is 1. The van der Waals surface area contributed by atoms with Gasteiger partial charge in [0.1, 0.15) is 5.75 Å². The van der Waals surface area contributed by atoms with Crippen molar-refractivity contribution in [1.29, 1.82) is 0 Å². The average Bonchev–Trinajstić information content (AvgIpc) is 3.16. The maximum atomic E-state index is 12.1. The van der Waals surface area contributed by atoms with Crippen LogP contribution in [0.1, 0.15) is 15.7 Å². The highest BCUT2D eigenvalue weighted by Crippen LogP contribution is 2.46. The zero-order chi connectivity index (χ0) is 17.6. The predicted molar refractivity (Wildman–Crippen MR) is 103 cm³/mol. The molecule has 0 unspecified atom stereocenters. The Morgan fingerprint density at radius 2 is 1.84 bits per heavy atom. The van der Waals surface area contributed by atoms with Crippen molar-refractivity contribution in [1.82, 2.24) is 0 Å². The quantitative estimate of drug-likeness (QED) is 0.548. The van der Waals surface area contributed by atoms with Gasteiger partial charge in [-0.2, -0.15) is 0 Å². The summed E-state index contributed by atoms with van der Waals surface area (Å²) in [6, 6.07) is 13.3. The van der Waals surface area contributed by atoms with Gasteiger partial charge < -0.3 is 14.2 Å². The zero-order valence-corrected chi connectivity index (χ0v) is 15.8. The molecule has 1 saturated heterocycles. The molecule has 0 radical (unpaired) electrons. The normalized spacial score (nSPS) is 14.3. The van der Waals surface area contributed by atoms with Gasteiger partial charge in [-0.1, -0.05) is 24.3 Å². The van der Waals surface area contributed by atoms with Crippen molar-refractivity contribution < 1.29 is 19.0 Å². The van der Waals surface area contributed by atoms with Gasteiger partial charge in [0.2, 0.25) is 0 Å². The second-order valence-electron chi connectivity index (χ2n) is 5.51. The summed E-state index contributed by atoms with van der Waals surface area (Å²) < 4.78 is 16.8. The van der Waals surface area contributed by atoms with Crippen molar-refractivity contribution in [3.63, 3.8) is 0 Å². The highest BCUT2D eigenvalue weighted by atomic mass is 32.2. The van der Waals surface area contributed by atoms with Gasteiger partial charge in [0.05, 0.1) is 11.7 Å². The molecule has 0 atom stereocenters. The van der Waals surface area contributed by atoms with E-state index in [-0.39, 0.29) is 6.61 Å². The first-order valence-electron chi connectivity index (χ1n) is 7.97. The van der Waals surface area contributed by atoms with E-state index in [4.69, 9.17) is 14.2 Å². The molecular weight excluding hydrogens is 356 g/mol. The molecule has 1 heterocycles. The van der Waals surface area contributed by atoms with Crippen molar-refractivity contribution in [3.05, 3.63) is 53.6 Å². The molecule has 6 heteroatoms. The van der Waals surface area contributed by atoms with E-state index in [0.717, 1.165) is 17.1 Å². The van der Waals surface area contributed by atoms with E-state index in [1.54, 1.807) is 13.2 Å². The highest BCUT2D eigenvalue weighted by Gasteiger charge is 2.20. The second kappa shape index (κ2) is 8.54. The molecule has 2 aromatic rings. The maximum absolute atomic E-state index is 12.1. The summed E-state index contributed by atoms with van der Waals surface area (Å²) in [6.45, 7) is 1.78. The largest absolute Gasteiger partial charge is 0.493 e. The first-order valence-corrected chi connectivity index (χ1v) is 10.1. The molecule has 1 aliphatic heterocycles. The smallest absolute Gasteiger partial charge is 0.349 e. The van der Waals surface area contributed by atoms with Crippen molar-refractivity contribution >= 4 is 29.5 Å². The monoisotopic (exact) mass is 376 g/mol. The Kier molecular flexibility index (Phi) is 6.15. The van der Waals surface area contributed by atoms with Crippen LogP contribution < -0.4 is 14.2 Å². The third kappa shape index (κ3) is 4.64. The molecule has 0 amide bonds. The van der Waals surface area contributed by atoms with Crippen molar-refractivity contribution in [2.75, 3.05) is 25.2 Å². The average molecular weight is 376 g/mol. The van der Waals surface area contributed by atoms with E-state index in [9.17, 15) is 4.79 Å². The number of para-hydroxylation sites is 1. The third-order valence-electron chi connectivity index (χ3n) is 3.74. The van der Waals surface area contributed by atoms with Crippen LogP contribution in [-0.2, 0) is 4.79 Å². The van der Waals surface area contributed by atoms with Gasteiger partial charge in [0.25, 0.3) is 0 Å². The number of carbonyl (C=O) groups is 1. The molecule has 0 aromatic heterocycles. The number of hydrogen-bond acceptors (Lipinski definition) is 6. The molecule has 0 N–H and O–H groups in total. The maximum Gasteiger partial charge on any atom is 0.349 e. The summed E-state index contributed by atoms with van der Waals surface area (Å²) in [5.74, 6) is 3.51. The first kappa shape index (κ1) is 18.0. The van der Waals surface area contributed by atoms with Gasteiger partial charge >= 0.3 is 5.97 Å². The van der Waals surface area contributed by atoms with E-state index in [1.807, 2.05) is 66.8 Å².